The Labute approximate surface area is 101 Å². The first kappa shape index (κ1) is 12.2. The Morgan fingerprint density at radius 2 is 2.12 bits per heavy atom. The summed E-state index contributed by atoms with van der Waals surface area (Å²) in [5, 5.41) is 13.1. The second-order valence-electron chi connectivity index (χ2n) is 4.63. The van der Waals surface area contributed by atoms with Crippen molar-refractivity contribution in [1.82, 2.24) is 0 Å². The van der Waals surface area contributed by atoms with Crippen LogP contribution in [0.3, 0.4) is 0 Å². The number of ether oxygens (including phenoxy) is 1. The molecule has 0 radical (unpaired) electrons. The molecule has 0 amide bonds. The van der Waals surface area contributed by atoms with Crippen LogP contribution in [-0.2, 0) is 0 Å². The minimum Gasteiger partial charge on any atom is -0.497 e. The van der Waals surface area contributed by atoms with Crippen molar-refractivity contribution in [2.45, 2.75) is 31.3 Å². The van der Waals surface area contributed by atoms with E-state index >= 15 is 0 Å². The standard InChI is InChI=1S/C13H18FNO2/c1-17-10-4-5-11(14)12(8-10)15-9-13(16)6-2-3-7-13/h4-5,8,15-16H,2-3,6-7,9H2,1H3. The fourth-order valence-electron chi connectivity index (χ4n) is 2.24. The number of hydrogen-bond donors (Lipinski definition) is 2. The third-order valence-corrected chi connectivity index (χ3v) is 3.32. The lowest BCUT2D eigenvalue weighted by Gasteiger charge is -2.23. The molecule has 0 unspecified atom stereocenters. The van der Waals surface area contributed by atoms with Gasteiger partial charge in [-0.1, -0.05) is 12.8 Å². The minimum atomic E-state index is -0.685. The van der Waals surface area contributed by atoms with Gasteiger partial charge in [0.15, 0.2) is 0 Å². The SMILES string of the molecule is COc1ccc(F)c(NCC2(O)CCCC2)c1. The van der Waals surface area contributed by atoms with Crippen molar-refractivity contribution < 1.29 is 14.2 Å². The fraction of sp³-hybridized carbons (Fsp3) is 0.538. The van der Waals surface area contributed by atoms with Crippen LogP contribution in [0.1, 0.15) is 25.7 Å². The molecule has 0 bridgehead atoms. The fourth-order valence-corrected chi connectivity index (χ4v) is 2.24. The lowest BCUT2D eigenvalue weighted by molar-refractivity contribution is 0.0614. The molecular weight excluding hydrogens is 221 g/mol. The molecule has 4 heteroatoms. The number of aliphatic hydroxyl groups is 1. The van der Waals surface area contributed by atoms with Crippen molar-refractivity contribution in [1.29, 1.82) is 0 Å². The van der Waals surface area contributed by atoms with E-state index in [4.69, 9.17) is 4.74 Å². The second-order valence-corrected chi connectivity index (χ2v) is 4.63. The molecule has 0 heterocycles. The maximum Gasteiger partial charge on any atom is 0.146 e. The highest BCUT2D eigenvalue weighted by Gasteiger charge is 2.30. The predicted molar refractivity (Wildman–Crippen MR) is 64.9 cm³/mol. The average Bonchev–Trinajstić information content (AvgIpc) is 2.76. The normalized spacial score (nSPS) is 18.1. The number of rotatable bonds is 4. The molecule has 0 atom stereocenters. The zero-order valence-electron chi connectivity index (χ0n) is 10.0. The zero-order chi connectivity index (χ0) is 12.3. The summed E-state index contributed by atoms with van der Waals surface area (Å²) in [7, 11) is 1.54. The summed E-state index contributed by atoms with van der Waals surface area (Å²) in [6, 6.07) is 4.54. The highest BCUT2D eigenvalue weighted by molar-refractivity contribution is 5.49. The molecule has 2 N–H and O–H groups in total. The van der Waals surface area contributed by atoms with Gasteiger partial charge in [-0.2, -0.15) is 0 Å². The first-order valence-corrected chi connectivity index (χ1v) is 5.93. The summed E-state index contributed by atoms with van der Waals surface area (Å²) in [4.78, 5) is 0. The summed E-state index contributed by atoms with van der Waals surface area (Å²) in [5.41, 5.74) is -0.306. The van der Waals surface area contributed by atoms with E-state index in [0.717, 1.165) is 25.7 Å². The lowest BCUT2D eigenvalue weighted by atomic mass is 10.0. The molecule has 1 aliphatic rings. The van der Waals surface area contributed by atoms with E-state index in [9.17, 15) is 9.50 Å². The highest BCUT2D eigenvalue weighted by Crippen LogP contribution is 2.30. The van der Waals surface area contributed by atoms with Crippen LogP contribution in [0.2, 0.25) is 0 Å². The Morgan fingerprint density at radius 3 is 2.76 bits per heavy atom. The molecular formula is C13H18FNO2. The van der Waals surface area contributed by atoms with E-state index in [2.05, 4.69) is 5.32 Å². The van der Waals surface area contributed by atoms with Gasteiger partial charge in [-0.3, -0.25) is 0 Å². The van der Waals surface area contributed by atoms with E-state index in [1.807, 2.05) is 0 Å². The smallest absolute Gasteiger partial charge is 0.146 e. The van der Waals surface area contributed by atoms with Gasteiger partial charge in [0.2, 0.25) is 0 Å². The van der Waals surface area contributed by atoms with Crippen LogP contribution < -0.4 is 10.1 Å². The van der Waals surface area contributed by atoms with Crippen LogP contribution >= 0.6 is 0 Å². The van der Waals surface area contributed by atoms with Gasteiger partial charge >= 0.3 is 0 Å². The minimum absolute atomic E-state index is 0.326. The van der Waals surface area contributed by atoms with Crippen molar-refractivity contribution >= 4 is 5.69 Å². The summed E-state index contributed by atoms with van der Waals surface area (Å²) >= 11 is 0. The van der Waals surface area contributed by atoms with Crippen molar-refractivity contribution in [3.8, 4) is 5.75 Å². The van der Waals surface area contributed by atoms with Crippen LogP contribution in [0, 0.1) is 5.82 Å². The van der Waals surface area contributed by atoms with Crippen molar-refractivity contribution in [2.24, 2.45) is 0 Å². The largest absolute Gasteiger partial charge is 0.497 e. The van der Waals surface area contributed by atoms with E-state index < -0.39 is 5.60 Å². The number of benzene rings is 1. The molecule has 1 fully saturated rings. The average molecular weight is 239 g/mol. The zero-order valence-corrected chi connectivity index (χ0v) is 10.0. The number of halogens is 1. The topological polar surface area (TPSA) is 41.5 Å². The molecule has 94 valence electrons. The van der Waals surface area contributed by atoms with Crippen LogP contribution in [-0.4, -0.2) is 24.4 Å². The quantitative estimate of drug-likeness (QED) is 0.848. The number of methoxy groups -OCH3 is 1. The second kappa shape index (κ2) is 4.92. The van der Waals surface area contributed by atoms with Crippen molar-refractivity contribution in [3.05, 3.63) is 24.0 Å². The molecule has 3 nitrogen and oxygen atoms in total. The van der Waals surface area contributed by atoms with Gasteiger partial charge in [-0.15, -0.1) is 0 Å². The molecule has 1 aromatic carbocycles. The van der Waals surface area contributed by atoms with Gasteiger partial charge in [0, 0.05) is 12.6 Å². The van der Waals surface area contributed by atoms with Crippen molar-refractivity contribution in [3.63, 3.8) is 0 Å². The summed E-state index contributed by atoms with van der Waals surface area (Å²) < 4.78 is 18.5. The third-order valence-electron chi connectivity index (χ3n) is 3.32. The molecule has 1 aromatic rings. The molecule has 2 rings (SSSR count). The van der Waals surface area contributed by atoms with Gasteiger partial charge in [-0.05, 0) is 25.0 Å². The van der Waals surface area contributed by atoms with E-state index in [1.54, 1.807) is 19.2 Å². The number of hydrogen-bond acceptors (Lipinski definition) is 3. The van der Waals surface area contributed by atoms with E-state index in [0.29, 0.717) is 18.0 Å². The van der Waals surface area contributed by atoms with Gasteiger partial charge in [0.25, 0.3) is 0 Å². The summed E-state index contributed by atoms with van der Waals surface area (Å²) in [5.74, 6) is 0.278. The Balaban J connectivity index is 2.02. The van der Waals surface area contributed by atoms with Gasteiger partial charge < -0.3 is 15.2 Å². The maximum absolute atomic E-state index is 13.5. The number of anilines is 1. The molecule has 0 saturated heterocycles. The maximum atomic E-state index is 13.5. The molecule has 17 heavy (non-hydrogen) atoms. The number of nitrogens with one attached hydrogen (secondary N) is 1. The molecule has 0 aromatic heterocycles. The molecule has 1 aliphatic carbocycles. The Hall–Kier alpha value is -1.29. The van der Waals surface area contributed by atoms with Crippen LogP contribution in [0.25, 0.3) is 0 Å². The monoisotopic (exact) mass is 239 g/mol. The Morgan fingerprint density at radius 1 is 1.41 bits per heavy atom. The van der Waals surface area contributed by atoms with E-state index in [1.165, 1.54) is 6.07 Å². The summed E-state index contributed by atoms with van der Waals surface area (Å²) in [6.45, 7) is 0.386. The van der Waals surface area contributed by atoms with Gasteiger partial charge in [-0.25, -0.2) is 4.39 Å². The summed E-state index contributed by atoms with van der Waals surface area (Å²) in [6.07, 6.45) is 3.65. The molecule has 1 saturated carbocycles. The van der Waals surface area contributed by atoms with Gasteiger partial charge in [0.05, 0.1) is 18.4 Å². The Kier molecular flexibility index (Phi) is 3.52. The third kappa shape index (κ3) is 2.88. The van der Waals surface area contributed by atoms with Crippen LogP contribution in [0.4, 0.5) is 10.1 Å². The molecule has 0 aliphatic heterocycles. The Bertz CT molecular complexity index is 389. The van der Waals surface area contributed by atoms with E-state index in [-0.39, 0.29) is 5.82 Å². The van der Waals surface area contributed by atoms with Crippen LogP contribution in [0.15, 0.2) is 18.2 Å². The lowest BCUT2D eigenvalue weighted by Crippen LogP contribution is -2.33. The van der Waals surface area contributed by atoms with Gasteiger partial charge in [0.1, 0.15) is 11.6 Å². The predicted octanol–water partition coefficient (Wildman–Crippen LogP) is 2.55. The first-order valence-electron chi connectivity index (χ1n) is 5.93. The molecule has 0 spiro atoms. The van der Waals surface area contributed by atoms with Crippen LogP contribution in [0.5, 0.6) is 5.75 Å². The van der Waals surface area contributed by atoms with Crippen molar-refractivity contribution in [2.75, 3.05) is 19.0 Å². The highest BCUT2D eigenvalue weighted by atomic mass is 19.1. The first-order chi connectivity index (χ1) is 8.13.